The second-order valence-corrected chi connectivity index (χ2v) is 8.01. The Balaban J connectivity index is 1.62. The topological polar surface area (TPSA) is 92.9 Å². The van der Waals surface area contributed by atoms with Gasteiger partial charge >= 0.3 is 0 Å². The number of aromatic nitrogens is 1. The van der Waals surface area contributed by atoms with Crippen LogP contribution in [0, 0.1) is 6.92 Å². The Hall–Kier alpha value is -3.87. The summed E-state index contributed by atoms with van der Waals surface area (Å²) in [6.45, 7) is 2.62. The van der Waals surface area contributed by atoms with Gasteiger partial charge in [0.05, 0.1) is 12.2 Å². The number of likely N-dealkylation sites (tertiary alicyclic amines) is 1. The van der Waals surface area contributed by atoms with Crippen molar-refractivity contribution in [2.45, 2.75) is 32.4 Å². The standard InChI is InChI=1S/C25H22N2O5/c1-15-6-8-20(32-15)22-21(23(28)18-7-9-19-17(12-18)5-3-11-31-19)24(29)25(30)27(22)14-16-4-2-10-26-13-16/h2,4,6-10,12-13,22,28H,3,5,11,14H2,1H3/b23-21-. The minimum Gasteiger partial charge on any atom is -0.507 e. The predicted molar refractivity (Wildman–Crippen MR) is 116 cm³/mol. The van der Waals surface area contributed by atoms with Crippen molar-refractivity contribution in [2.75, 3.05) is 6.61 Å². The predicted octanol–water partition coefficient (Wildman–Crippen LogP) is 3.93. The van der Waals surface area contributed by atoms with Crippen LogP contribution in [0.5, 0.6) is 5.75 Å². The fraction of sp³-hybridized carbons (Fsp3) is 0.240. The van der Waals surface area contributed by atoms with Gasteiger partial charge in [-0.25, -0.2) is 0 Å². The Morgan fingerprint density at radius 1 is 1.22 bits per heavy atom. The van der Waals surface area contributed by atoms with Crippen molar-refractivity contribution >= 4 is 17.4 Å². The Morgan fingerprint density at radius 2 is 2.09 bits per heavy atom. The molecule has 4 heterocycles. The van der Waals surface area contributed by atoms with E-state index in [9.17, 15) is 14.7 Å². The van der Waals surface area contributed by atoms with Crippen molar-refractivity contribution in [1.29, 1.82) is 0 Å². The van der Waals surface area contributed by atoms with Crippen LogP contribution in [0.25, 0.3) is 5.76 Å². The van der Waals surface area contributed by atoms with E-state index in [0.29, 0.717) is 23.7 Å². The molecule has 7 heteroatoms. The third kappa shape index (κ3) is 3.45. The maximum atomic E-state index is 13.1. The number of Topliss-reactive ketones (excluding diaryl/α,β-unsaturated/α-hetero) is 1. The molecule has 2 aromatic heterocycles. The SMILES string of the molecule is Cc1ccc(C2/C(=C(/O)c3ccc4c(c3)CCCO4)C(=O)C(=O)N2Cc2cccnc2)o1. The molecule has 0 bridgehead atoms. The van der Waals surface area contributed by atoms with E-state index in [2.05, 4.69) is 4.98 Å². The number of nitrogens with zero attached hydrogens (tertiary/aromatic N) is 2. The smallest absolute Gasteiger partial charge is 0.296 e. The first-order valence-electron chi connectivity index (χ1n) is 10.5. The lowest BCUT2D eigenvalue weighted by Crippen LogP contribution is -2.29. The van der Waals surface area contributed by atoms with Crippen molar-refractivity contribution < 1.29 is 23.8 Å². The zero-order valence-corrected chi connectivity index (χ0v) is 17.6. The quantitative estimate of drug-likeness (QED) is 0.383. The molecule has 1 atom stereocenters. The third-order valence-electron chi connectivity index (χ3n) is 5.83. The highest BCUT2D eigenvalue weighted by atomic mass is 16.5. The van der Waals surface area contributed by atoms with Crippen molar-refractivity contribution in [3.63, 3.8) is 0 Å². The summed E-state index contributed by atoms with van der Waals surface area (Å²) < 4.78 is 11.5. The van der Waals surface area contributed by atoms with Crippen LogP contribution in [0.15, 0.2) is 64.8 Å². The van der Waals surface area contributed by atoms with Gasteiger partial charge in [-0.15, -0.1) is 0 Å². The molecule has 2 aliphatic heterocycles. The molecule has 7 nitrogen and oxygen atoms in total. The number of aryl methyl sites for hydroxylation is 2. The summed E-state index contributed by atoms with van der Waals surface area (Å²) in [4.78, 5) is 31.7. The van der Waals surface area contributed by atoms with Crippen molar-refractivity contribution in [3.8, 4) is 5.75 Å². The number of hydrogen-bond donors (Lipinski definition) is 1. The molecular formula is C25H22N2O5. The van der Waals surface area contributed by atoms with E-state index in [1.165, 1.54) is 4.90 Å². The lowest BCUT2D eigenvalue weighted by atomic mass is 9.96. The number of amides is 1. The summed E-state index contributed by atoms with van der Waals surface area (Å²) in [5.41, 5.74) is 2.23. The molecule has 32 heavy (non-hydrogen) atoms. The Kier molecular flexibility index (Phi) is 5.01. The number of aliphatic hydroxyl groups is 1. The number of pyridine rings is 1. The minimum atomic E-state index is -0.837. The number of ketones is 1. The van der Waals surface area contributed by atoms with E-state index in [-0.39, 0.29) is 17.9 Å². The highest BCUT2D eigenvalue weighted by Crippen LogP contribution is 2.41. The van der Waals surface area contributed by atoms with Gasteiger partial charge in [-0.05, 0) is 67.3 Å². The van der Waals surface area contributed by atoms with Gasteiger partial charge in [-0.2, -0.15) is 0 Å². The number of carbonyl (C=O) groups excluding carboxylic acids is 2. The van der Waals surface area contributed by atoms with E-state index in [1.54, 1.807) is 49.6 Å². The van der Waals surface area contributed by atoms with E-state index in [4.69, 9.17) is 9.15 Å². The summed E-state index contributed by atoms with van der Waals surface area (Å²) in [6, 6.07) is 11.6. The van der Waals surface area contributed by atoms with Gasteiger partial charge in [0.15, 0.2) is 0 Å². The van der Waals surface area contributed by atoms with E-state index in [0.717, 1.165) is 29.7 Å². The summed E-state index contributed by atoms with van der Waals surface area (Å²) >= 11 is 0. The second kappa shape index (κ2) is 8.00. The molecular weight excluding hydrogens is 408 g/mol. The van der Waals surface area contributed by atoms with E-state index in [1.807, 2.05) is 12.1 Å². The van der Waals surface area contributed by atoms with Crippen LogP contribution in [-0.4, -0.2) is 33.3 Å². The number of aliphatic hydroxyl groups excluding tert-OH is 1. The number of furan rings is 1. The van der Waals surface area contributed by atoms with Gasteiger partial charge < -0.3 is 19.2 Å². The molecule has 3 aromatic rings. The Morgan fingerprint density at radius 3 is 2.84 bits per heavy atom. The van der Waals surface area contributed by atoms with Crippen LogP contribution in [-0.2, 0) is 22.6 Å². The van der Waals surface area contributed by atoms with E-state index >= 15 is 0 Å². The summed E-state index contributed by atoms with van der Waals surface area (Å²) in [5.74, 6) is 0.217. The first kappa shape index (κ1) is 20.1. The summed E-state index contributed by atoms with van der Waals surface area (Å²) in [5, 5.41) is 11.2. The van der Waals surface area contributed by atoms with Crippen LogP contribution in [0.4, 0.5) is 0 Å². The maximum Gasteiger partial charge on any atom is 0.296 e. The fourth-order valence-corrected chi connectivity index (χ4v) is 4.29. The first-order valence-corrected chi connectivity index (χ1v) is 10.5. The van der Waals surface area contributed by atoms with Gasteiger partial charge in [-0.1, -0.05) is 6.07 Å². The number of benzene rings is 1. The molecule has 1 fully saturated rings. The van der Waals surface area contributed by atoms with Gasteiger partial charge in [0.1, 0.15) is 29.1 Å². The number of carbonyl (C=O) groups is 2. The van der Waals surface area contributed by atoms with E-state index < -0.39 is 17.7 Å². The lowest BCUT2D eigenvalue weighted by molar-refractivity contribution is -0.140. The van der Waals surface area contributed by atoms with Crippen molar-refractivity contribution in [2.24, 2.45) is 0 Å². The molecule has 1 saturated heterocycles. The van der Waals surface area contributed by atoms with Crippen LogP contribution >= 0.6 is 0 Å². The second-order valence-electron chi connectivity index (χ2n) is 8.01. The molecule has 1 unspecified atom stereocenters. The number of fused-ring (bicyclic) bond motifs is 1. The average Bonchev–Trinajstić information content (AvgIpc) is 3.35. The number of rotatable bonds is 4. The lowest BCUT2D eigenvalue weighted by Gasteiger charge is -2.23. The number of hydrogen-bond acceptors (Lipinski definition) is 6. The average molecular weight is 430 g/mol. The molecule has 0 radical (unpaired) electrons. The molecule has 1 aromatic carbocycles. The highest BCUT2D eigenvalue weighted by Gasteiger charge is 2.47. The maximum absolute atomic E-state index is 13.1. The van der Waals surface area contributed by atoms with Crippen LogP contribution in [0.2, 0.25) is 0 Å². The molecule has 5 rings (SSSR count). The fourth-order valence-electron chi connectivity index (χ4n) is 4.29. The van der Waals surface area contributed by atoms with Crippen molar-refractivity contribution in [3.05, 3.63) is 88.6 Å². The van der Waals surface area contributed by atoms with Gasteiger partial charge in [-0.3, -0.25) is 14.6 Å². The Bertz CT molecular complexity index is 1230. The van der Waals surface area contributed by atoms with Crippen molar-refractivity contribution in [1.82, 2.24) is 9.88 Å². The molecule has 0 aliphatic carbocycles. The van der Waals surface area contributed by atoms with Crippen LogP contribution < -0.4 is 4.74 Å². The first-order chi connectivity index (χ1) is 15.5. The van der Waals surface area contributed by atoms with Gasteiger partial charge in [0.25, 0.3) is 11.7 Å². The normalized spacial score (nSPS) is 19.7. The Labute approximate surface area is 184 Å². The monoisotopic (exact) mass is 430 g/mol. The van der Waals surface area contributed by atoms with Crippen LogP contribution in [0.3, 0.4) is 0 Å². The molecule has 162 valence electrons. The molecule has 2 aliphatic rings. The molecule has 0 spiro atoms. The molecule has 1 amide bonds. The molecule has 0 saturated carbocycles. The summed E-state index contributed by atoms with van der Waals surface area (Å²) in [7, 11) is 0. The molecule has 1 N–H and O–H groups in total. The minimum absolute atomic E-state index is 0.0184. The van der Waals surface area contributed by atoms with Crippen LogP contribution in [0.1, 0.15) is 40.7 Å². The highest BCUT2D eigenvalue weighted by molar-refractivity contribution is 6.46. The third-order valence-corrected chi connectivity index (χ3v) is 5.83. The van der Waals surface area contributed by atoms with Gasteiger partial charge in [0, 0.05) is 24.5 Å². The summed E-state index contributed by atoms with van der Waals surface area (Å²) in [6.07, 6.45) is 5.00. The zero-order valence-electron chi connectivity index (χ0n) is 17.6. The van der Waals surface area contributed by atoms with Gasteiger partial charge in [0.2, 0.25) is 0 Å². The zero-order chi connectivity index (χ0) is 22.2. The largest absolute Gasteiger partial charge is 0.507 e. The number of ether oxygens (including phenoxy) is 1.